The normalized spacial score (nSPS) is 23.1. The fraction of sp³-hybridized carbons (Fsp3) is 0.474. The molecule has 1 atom stereocenters. The van der Waals surface area contributed by atoms with Gasteiger partial charge in [0.05, 0.1) is 5.69 Å². The molecule has 23 heavy (non-hydrogen) atoms. The molecule has 1 aliphatic heterocycles. The number of benzene rings is 1. The van der Waals surface area contributed by atoms with Gasteiger partial charge in [-0.3, -0.25) is 9.89 Å². The van der Waals surface area contributed by atoms with Crippen LogP contribution in [0.3, 0.4) is 0 Å². The molecule has 0 radical (unpaired) electrons. The highest BCUT2D eigenvalue weighted by Crippen LogP contribution is 2.42. The van der Waals surface area contributed by atoms with Crippen LogP contribution in [0, 0.1) is 5.41 Å². The predicted octanol–water partition coefficient (Wildman–Crippen LogP) is 3.22. The van der Waals surface area contributed by atoms with Crippen LogP contribution in [-0.2, 0) is 19.3 Å². The van der Waals surface area contributed by atoms with Crippen LogP contribution in [0.1, 0.15) is 47.4 Å². The molecule has 120 valence electrons. The highest BCUT2D eigenvalue weighted by molar-refractivity contribution is 5.97. The lowest BCUT2D eigenvalue weighted by Gasteiger charge is -2.25. The van der Waals surface area contributed by atoms with Gasteiger partial charge in [-0.1, -0.05) is 26.3 Å². The minimum absolute atomic E-state index is 0.128. The third-order valence-electron chi connectivity index (χ3n) is 5.69. The Morgan fingerprint density at radius 3 is 2.96 bits per heavy atom. The van der Waals surface area contributed by atoms with Crippen molar-refractivity contribution in [2.75, 3.05) is 13.6 Å². The summed E-state index contributed by atoms with van der Waals surface area (Å²) in [6, 6.07) is 6.18. The Balaban J connectivity index is 1.73. The number of fused-ring (bicyclic) bond motifs is 2. The minimum atomic E-state index is 0.128. The molecule has 1 unspecified atom stereocenters. The standard InChI is InChI=1S/C19H23N3O/c1-4-19(2)10-15-16(11-19)20-21-17(15)13-5-6-14-12(9-13)7-8-22(3)18(14)23/h5-6,9H,4,7-8,10-11H2,1-3H3,(H,20,21). The number of likely N-dealkylation sites (N-methyl/N-ethyl adjacent to an activating group) is 1. The summed E-state index contributed by atoms with van der Waals surface area (Å²) < 4.78 is 0. The van der Waals surface area contributed by atoms with E-state index in [2.05, 4.69) is 30.1 Å². The number of nitrogens with one attached hydrogen (secondary N) is 1. The Bertz CT molecular complexity index is 792. The number of H-pyrrole nitrogens is 1. The minimum Gasteiger partial charge on any atom is -0.341 e. The molecule has 0 fully saturated rings. The largest absolute Gasteiger partial charge is 0.341 e. The lowest BCUT2D eigenvalue weighted by atomic mass is 9.84. The van der Waals surface area contributed by atoms with Gasteiger partial charge in [0.2, 0.25) is 0 Å². The average molecular weight is 309 g/mol. The lowest BCUT2D eigenvalue weighted by Crippen LogP contribution is -2.34. The fourth-order valence-electron chi connectivity index (χ4n) is 3.89. The predicted molar refractivity (Wildman–Crippen MR) is 90.5 cm³/mol. The van der Waals surface area contributed by atoms with E-state index in [9.17, 15) is 4.79 Å². The van der Waals surface area contributed by atoms with Gasteiger partial charge in [-0.15, -0.1) is 0 Å². The summed E-state index contributed by atoms with van der Waals surface area (Å²) in [6.07, 6.45) is 4.27. The number of hydrogen-bond acceptors (Lipinski definition) is 2. The fourth-order valence-corrected chi connectivity index (χ4v) is 3.89. The second-order valence-corrected chi connectivity index (χ2v) is 7.40. The average Bonchev–Trinajstić information content (AvgIpc) is 3.07. The van der Waals surface area contributed by atoms with Gasteiger partial charge in [0.1, 0.15) is 0 Å². The van der Waals surface area contributed by atoms with Crippen molar-refractivity contribution in [1.82, 2.24) is 15.1 Å². The van der Waals surface area contributed by atoms with E-state index in [-0.39, 0.29) is 5.91 Å². The smallest absolute Gasteiger partial charge is 0.253 e. The number of aromatic nitrogens is 2. The molecular weight excluding hydrogens is 286 g/mol. The number of carbonyl (C=O) groups is 1. The monoisotopic (exact) mass is 309 g/mol. The summed E-state index contributed by atoms with van der Waals surface area (Å²) in [5.41, 5.74) is 7.22. The quantitative estimate of drug-likeness (QED) is 0.926. The van der Waals surface area contributed by atoms with Crippen molar-refractivity contribution in [2.45, 2.75) is 39.5 Å². The van der Waals surface area contributed by atoms with Gasteiger partial charge in [-0.2, -0.15) is 5.10 Å². The molecule has 0 spiro atoms. The molecule has 2 aromatic rings. The van der Waals surface area contributed by atoms with Crippen LogP contribution in [0.25, 0.3) is 11.3 Å². The number of carbonyl (C=O) groups excluding carboxylic acids is 1. The highest BCUT2D eigenvalue weighted by Gasteiger charge is 2.35. The molecule has 0 saturated carbocycles. The second kappa shape index (κ2) is 4.95. The number of rotatable bonds is 2. The Hall–Kier alpha value is -2.10. The van der Waals surface area contributed by atoms with Gasteiger partial charge < -0.3 is 4.90 Å². The molecule has 4 nitrogen and oxygen atoms in total. The van der Waals surface area contributed by atoms with Gasteiger partial charge in [0, 0.05) is 36.0 Å². The van der Waals surface area contributed by atoms with Crippen molar-refractivity contribution >= 4 is 5.91 Å². The summed E-state index contributed by atoms with van der Waals surface area (Å²) in [5.74, 6) is 0.128. The van der Waals surface area contributed by atoms with E-state index in [1.54, 1.807) is 4.90 Å². The Morgan fingerprint density at radius 1 is 1.35 bits per heavy atom. The Kier molecular flexibility index (Phi) is 3.12. The molecule has 1 amide bonds. The van der Waals surface area contributed by atoms with Gasteiger partial charge in [-0.05, 0) is 42.4 Å². The van der Waals surface area contributed by atoms with Crippen LogP contribution in [0.2, 0.25) is 0 Å². The first-order valence-electron chi connectivity index (χ1n) is 8.45. The molecule has 2 aliphatic rings. The zero-order valence-corrected chi connectivity index (χ0v) is 14.1. The number of amides is 1. The molecule has 1 aromatic heterocycles. The van der Waals surface area contributed by atoms with E-state index in [0.717, 1.165) is 48.2 Å². The van der Waals surface area contributed by atoms with Crippen LogP contribution in [0.4, 0.5) is 0 Å². The first-order chi connectivity index (χ1) is 11.0. The molecule has 0 saturated heterocycles. The zero-order valence-electron chi connectivity index (χ0n) is 14.1. The molecule has 1 aliphatic carbocycles. The summed E-state index contributed by atoms with van der Waals surface area (Å²) in [5, 5.41) is 7.82. The van der Waals surface area contributed by atoms with Crippen molar-refractivity contribution in [3.63, 3.8) is 0 Å². The summed E-state index contributed by atoms with van der Waals surface area (Å²) in [4.78, 5) is 14.0. The maximum atomic E-state index is 12.2. The molecule has 4 rings (SSSR count). The molecule has 2 heterocycles. The third kappa shape index (κ3) is 2.19. The summed E-state index contributed by atoms with van der Waals surface area (Å²) in [7, 11) is 1.87. The lowest BCUT2D eigenvalue weighted by molar-refractivity contribution is 0.0781. The van der Waals surface area contributed by atoms with E-state index in [4.69, 9.17) is 0 Å². The second-order valence-electron chi connectivity index (χ2n) is 7.40. The molecular formula is C19H23N3O. The van der Waals surface area contributed by atoms with Crippen molar-refractivity contribution in [3.8, 4) is 11.3 Å². The topological polar surface area (TPSA) is 49.0 Å². The summed E-state index contributed by atoms with van der Waals surface area (Å²) in [6.45, 7) is 5.41. The van der Waals surface area contributed by atoms with Crippen LogP contribution < -0.4 is 0 Å². The molecule has 1 N–H and O–H groups in total. The molecule has 4 heteroatoms. The first-order valence-corrected chi connectivity index (χ1v) is 8.45. The van der Waals surface area contributed by atoms with Gasteiger partial charge >= 0.3 is 0 Å². The van der Waals surface area contributed by atoms with Gasteiger partial charge in [0.15, 0.2) is 0 Å². The number of hydrogen-bond donors (Lipinski definition) is 1. The Morgan fingerprint density at radius 2 is 2.17 bits per heavy atom. The van der Waals surface area contributed by atoms with Gasteiger partial charge in [0.25, 0.3) is 5.91 Å². The van der Waals surface area contributed by atoms with Crippen LogP contribution in [0.15, 0.2) is 18.2 Å². The highest BCUT2D eigenvalue weighted by atomic mass is 16.2. The van der Waals surface area contributed by atoms with Crippen molar-refractivity contribution in [2.24, 2.45) is 5.41 Å². The van der Waals surface area contributed by atoms with E-state index in [1.807, 2.05) is 19.2 Å². The van der Waals surface area contributed by atoms with Crippen LogP contribution in [-0.4, -0.2) is 34.6 Å². The van der Waals surface area contributed by atoms with E-state index in [1.165, 1.54) is 17.7 Å². The maximum absolute atomic E-state index is 12.2. The van der Waals surface area contributed by atoms with Crippen LogP contribution in [0.5, 0.6) is 0 Å². The van der Waals surface area contributed by atoms with E-state index < -0.39 is 0 Å². The van der Waals surface area contributed by atoms with Gasteiger partial charge in [-0.25, -0.2) is 0 Å². The van der Waals surface area contributed by atoms with E-state index >= 15 is 0 Å². The maximum Gasteiger partial charge on any atom is 0.253 e. The SMILES string of the molecule is CCC1(C)Cc2[nH]nc(-c3ccc4c(c3)CCN(C)C4=O)c2C1. The van der Waals surface area contributed by atoms with Crippen molar-refractivity contribution < 1.29 is 4.79 Å². The number of aromatic amines is 1. The Labute approximate surface area is 136 Å². The van der Waals surface area contributed by atoms with Crippen molar-refractivity contribution in [1.29, 1.82) is 0 Å². The zero-order chi connectivity index (χ0) is 16.2. The molecule has 1 aromatic carbocycles. The summed E-state index contributed by atoms with van der Waals surface area (Å²) >= 11 is 0. The van der Waals surface area contributed by atoms with Crippen molar-refractivity contribution in [3.05, 3.63) is 40.6 Å². The first kappa shape index (κ1) is 14.5. The molecule has 0 bridgehead atoms. The number of nitrogens with zero attached hydrogens (tertiary/aromatic N) is 2. The van der Waals surface area contributed by atoms with Crippen LogP contribution >= 0.6 is 0 Å². The third-order valence-corrected chi connectivity index (χ3v) is 5.69. The van der Waals surface area contributed by atoms with E-state index in [0.29, 0.717) is 5.41 Å².